The summed E-state index contributed by atoms with van der Waals surface area (Å²) in [6.07, 6.45) is 0. The summed E-state index contributed by atoms with van der Waals surface area (Å²) in [5.74, 6) is 0. The van der Waals surface area contributed by atoms with Gasteiger partial charge in [0.2, 0.25) is 0 Å². The third-order valence-corrected chi connectivity index (χ3v) is 6.59. The fraction of sp³-hybridized carbons (Fsp3) is 0.0312. The van der Waals surface area contributed by atoms with Gasteiger partial charge in [-0.15, -0.1) is 0 Å². The number of nitrogens with zero attached hydrogens (tertiary/aromatic N) is 2. The van der Waals surface area contributed by atoms with Crippen molar-refractivity contribution in [3.05, 3.63) is 126 Å². The Kier molecular flexibility index (Phi) is 4.75. The molecule has 0 N–H and O–H groups in total. The number of aromatic nitrogens is 1. The average Bonchev–Trinajstić information content (AvgIpc) is 3.23. The highest BCUT2D eigenvalue weighted by Gasteiger charge is 2.16. The first-order chi connectivity index (χ1) is 16.7. The maximum Gasteiger partial charge on any atom is 0.0994 e. The molecule has 0 fully saturated rings. The number of para-hydroxylation sites is 2. The van der Waals surface area contributed by atoms with E-state index in [0.29, 0.717) is 5.56 Å². The van der Waals surface area contributed by atoms with Crippen molar-refractivity contribution in [1.82, 2.24) is 4.57 Å². The lowest BCUT2D eigenvalue weighted by atomic mass is 9.95. The standard InChI is InChI=1S/C32H22N2/c1-22-15-16-25(19-26(22)21-33)29-20-24(23-9-3-2-4-10-23)17-18-32(29)34-30-13-7-5-11-27(30)28-12-6-8-14-31(28)34/h2-20H,1H3. The summed E-state index contributed by atoms with van der Waals surface area (Å²) in [5, 5.41) is 12.2. The number of nitriles is 1. The molecule has 0 saturated heterocycles. The van der Waals surface area contributed by atoms with Gasteiger partial charge in [0, 0.05) is 16.3 Å². The van der Waals surface area contributed by atoms with Crippen LogP contribution in [0.1, 0.15) is 11.1 Å². The zero-order valence-corrected chi connectivity index (χ0v) is 18.9. The molecule has 0 aliphatic carbocycles. The van der Waals surface area contributed by atoms with E-state index in [4.69, 9.17) is 0 Å². The van der Waals surface area contributed by atoms with Gasteiger partial charge in [-0.05, 0) is 59.5 Å². The number of aryl methyl sites for hydroxylation is 1. The Labute approximate surface area is 199 Å². The van der Waals surface area contributed by atoms with Gasteiger partial charge >= 0.3 is 0 Å². The molecule has 0 spiro atoms. The van der Waals surface area contributed by atoms with Crippen molar-refractivity contribution in [3.63, 3.8) is 0 Å². The smallest absolute Gasteiger partial charge is 0.0994 e. The lowest BCUT2D eigenvalue weighted by molar-refractivity contribution is 1.18. The van der Waals surface area contributed by atoms with E-state index in [1.807, 2.05) is 25.1 Å². The zero-order valence-electron chi connectivity index (χ0n) is 18.9. The molecule has 2 heteroatoms. The van der Waals surface area contributed by atoms with Gasteiger partial charge in [0.25, 0.3) is 0 Å². The van der Waals surface area contributed by atoms with Crippen LogP contribution in [0.3, 0.4) is 0 Å². The van der Waals surface area contributed by atoms with Gasteiger partial charge in [0.15, 0.2) is 0 Å². The van der Waals surface area contributed by atoms with Gasteiger partial charge in [-0.3, -0.25) is 0 Å². The molecule has 0 radical (unpaired) electrons. The Morgan fingerprint density at radius 3 is 1.88 bits per heavy atom. The third-order valence-electron chi connectivity index (χ3n) is 6.59. The molecule has 1 heterocycles. The van der Waals surface area contributed by atoms with Crippen LogP contribution in [0.2, 0.25) is 0 Å². The van der Waals surface area contributed by atoms with Crippen molar-refractivity contribution < 1.29 is 0 Å². The summed E-state index contributed by atoms with van der Waals surface area (Å²) in [4.78, 5) is 0. The average molecular weight is 435 g/mol. The van der Waals surface area contributed by atoms with Crippen LogP contribution >= 0.6 is 0 Å². The second-order valence-corrected chi connectivity index (χ2v) is 8.61. The number of hydrogen-bond acceptors (Lipinski definition) is 1. The first kappa shape index (κ1) is 20.0. The maximum atomic E-state index is 9.70. The summed E-state index contributed by atoms with van der Waals surface area (Å²) < 4.78 is 2.35. The minimum atomic E-state index is 0.704. The molecule has 6 rings (SSSR count). The second-order valence-electron chi connectivity index (χ2n) is 8.61. The Morgan fingerprint density at radius 1 is 0.588 bits per heavy atom. The number of fused-ring (bicyclic) bond motifs is 3. The van der Waals surface area contributed by atoms with Gasteiger partial charge in [-0.25, -0.2) is 0 Å². The van der Waals surface area contributed by atoms with Crippen LogP contribution in [0.5, 0.6) is 0 Å². The highest BCUT2D eigenvalue weighted by atomic mass is 15.0. The quantitative estimate of drug-likeness (QED) is 0.275. The highest BCUT2D eigenvalue weighted by Crippen LogP contribution is 2.38. The predicted octanol–water partition coefficient (Wildman–Crippen LogP) is 8.30. The van der Waals surface area contributed by atoms with Crippen molar-refractivity contribution >= 4 is 21.8 Å². The van der Waals surface area contributed by atoms with Gasteiger partial charge in [0.1, 0.15) is 0 Å². The number of benzene rings is 5. The van der Waals surface area contributed by atoms with Crippen molar-refractivity contribution in [2.75, 3.05) is 0 Å². The van der Waals surface area contributed by atoms with Crippen LogP contribution in [0.15, 0.2) is 115 Å². The lowest BCUT2D eigenvalue weighted by Crippen LogP contribution is -1.98. The molecule has 0 aliphatic rings. The van der Waals surface area contributed by atoms with E-state index in [-0.39, 0.29) is 0 Å². The second kappa shape index (κ2) is 8.06. The van der Waals surface area contributed by atoms with Gasteiger partial charge in [-0.2, -0.15) is 5.26 Å². The highest BCUT2D eigenvalue weighted by molar-refractivity contribution is 6.09. The molecule has 2 nitrogen and oxygen atoms in total. The molecule has 160 valence electrons. The molecular formula is C32H22N2. The summed E-state index contributed by atoms with van der Waals surface area (Å²) in [6, 6.07) is 42.7. The molecule has 5 aromatic carbocycles. The Hall–Kier alpha value is -4.61. The Balaban J connectivity index is 1.70. The normalized spacial score (nSPS) is 11.1. The van der Waals surface area contributed by atoms with Crippen LogP contribution in [-0.4, -0.2) is 4.57 Å². The summed E-state index contributed by atoms with van der Waals surface area (Å²) in [5.41, 5.74) is 9.60. The SMILES string of the molecule is Cc1ccc(-c2cc(-c3ccccc3)ccc2-n2c3ccccc3c3ccccc32)cc1C#N. The molecule has 0 atom stereocenters. The lowest BCUT2D eigenvalue weighted by Gasteiger charge is -2.16. The molecule has 0 saturated carbocycles. The summed E-state index contributed by atoms with van der Waals surface area (Å²) >= 11 is 0. The molecule has 0 aliphatic heterocycles. The first-order valence-corrected chi connectivity index (χ1v) is 11.4. The summed E-state index contributed by atoms with van der Waals surface area (Å²) in [7, 11) is 0. The Morgan fingerprint density at radius 2 is 1.21 bits per heavy atom. The predicted molar refractivity (Wildman–Crippen MR) is 141 cm³/mol. The van der Waals surface area contributed by atoms with Crippen LogP contribution in [0.25, 0.3) is 49.7 Å². The van der Waals surface area contributed by atoms with Gasteiger partial charge in [0.05, 0.1) is 28.4 Å². The molecule has 0 bridgehead atoms. The fourth-order valence-electron chi connectivity index (χ4n) is 4.86. The van der Waals surface area contributed by atoms with E-state index in [1.165, 1.54) is 27.4 Å². The van der Waals surface area contributed by atoms with Crippen molar-refractivity contribution in [1.29, 1.82) is 5.26 Å². The summed E-state index contributed by atoms with van der Waals surface area (Å²) in [6.45, 7) is 1.98. The minimum Gasteiger partial charge on any atom is -0.309 e. The van der Waals surface area contributed by atoms with Crippen LogP contribution < -0.4 is 0 Å². The van der Waals surface area contributed by atoms with E-state index in [1.54, 1.807) is 0 Å². The first-order valence-electron chi connectivity index (χ1n) is 11.4. The van der Waals surface area contributed by atoms with Crippen LogP contribution in [0, 0.1) is 18.3 Å². The largest absolute Gasteiger partial charge is 0.309 e. The molecule has 34 heavy (non-hydrogen) atoms. The van der Waals surface area contributed by atoms with Crippen molar-refractivity contribution in [2.24, 2.45) is 0 Å². The van der Waals surface area contributed by atoms with Gasteiger partial charge in [-0.1, -0.05) is 84.9 Å². The van der Waals surface area contributed by atoms with E-state index in [0.717, 1.165) is 27.9 Å². The van der Waals surface area contributed by atoms with Crippen molar-refractivity contribution in [3.8, 4) is 34.0 Å². The van der Waals surface area contributed by atoms with Crippen molar-refractivity contribution in [2.45, 2.75) is 6.92 Å². The Bertz CT molecular complexity index is 1660. The molecule has 1 aromatic heterocycles. The molecule has 0 unspecified atom stereocenters. The number of hydrogen-bond donors (Lipinski definition) is 0. The maximum absolute atomic E-state index is 9.70. The monoisotopic (exact) mass is 434 g/mol. The van der Waals surface area contributed by atoms with Gasteiger partial charge < -0.3 is 4.57 Å². The fourth-order valence-corrected chi connectivity index (χ4v) is 4.86. The number of rotatable bonds is 3. The van der Waals surface area contributed by atoms with E-state index in [9.17, 15) is 5.26 Å². The minimum absolute atomic E-state index is 0.704. The van der Waals surface area contributed by atoms with E-state index >= 15 is 0 Å². The van der Waals surface area contributed by atoms with E-state index in [2.05, 4.69) is 108 Å². The molecular weight excluding hydrogens is 412 g/mol. The van der Waals surface area contributed by atoms with Crippen LogP contribution in [0.4, 0.5) is 0 Å². The van der Waals surface area contributed by atoms with Crippen LogP contribution in [-0.2, 0) is 0 Å². The molecule has 0 amide bonds. The molecule has 6 aromatic rings. The zero-order chi connectivity index (χ0) is 23.1. The third kappa shape index (κ3) is 3.18. The van der Waals surface area contributed by atoms with E-state index < -0.39 is 0 Å². The topological polar surface area (TPSA) is 28.7 Å².